The van der Waals surface area contributed by atoms with E-state index in [-0.39, 0.29) is 0 Å². The Morgan fingerprint density at radius 3 is 2.76 bits per heavy atom. The quantitative estimate of drug-likeness (QED) is 0.845. The molecule has 0 radical (unpaired) electrons. The third kappa shape index (κ3) is 2.91. The van der Waals surface area contributed by atoms with Gasteiger partial charge in [0.2, 0.25) is 0 Å². The first-order chi connectivity index (χ1) is 10.3. The summed E-state index contributed by atoms with van der Waals surface area (Å²) in [6.07, 6.45) is 6.07. The molecule has 0 saturated heterocycles. The second-order valence-electron chi connectivity index (χ2n) is 5.87. The van der Waals surface area contributed by atoms with E-state index in [1.807, 2.05) is 0 Å². The lowest BCUT2D eigenvalue weighted by Crippen LogP contribution is -2.19. The largest absolute Gasteiger partial charge is 0.459 e. The molecule has 1 heterocycles. The van der Waals surface area contributed by atoms with Crippen LogP contribution in [0.4, 0.5) is 0 Å². The van der Waals surface area contributed by atoms with Crippen molar-refractivity contribution in [2.75, 3.05) is 6.54 Å². The third-order valence-corrected chi connectivity index (χ3v) is 4.49. The zero-order valence-electron chi connectivity index (χ0n) is 13.1. The molecule has 3 rings (SSSR count). The van der Waals surface area contributed by atoms with E-state index in [2.05, 4.69) is 49.5 Å². The van der Waals surface area contributed by atoms with Crippen molar-refractivity contribution in [2.24, 2.45) is 0 Å². The van der Waals surface area contributed by atoms with E-state index in [4.69, 9.17) is 4.42 Å². The lowest BCUT2D eigenvalue weighted by molar-refractivity contribution is 0.417. The van der Waals surface area contributed by atoms with Crippen LogP contribution in [0.25, 0.3) is 11.3 Å². The Kier molecular flexibility index (Phi) is 4.45. The molecule has 1 aromatic heterocycles. The van der Waals surface area contributed by atoms with Gasteiger partial charge in [-0.25, -0.2) is 0 Å². The predicted molar refractivity (Wildman–Crippen MR) is 87.5 cm³/mol. The molecule has 0 saturated carbocycles. The molecule has 0 bridgehead atoms. The van der Waals surface area contributed by atoms with Gasteiger partial charge < -0.3 is 9.73 Å². The van der Waals surface area contributed by atoms with Gasteiger partial charge in [0.15, 0.2) is 0 Å². The summed E-state index contributed by atoms with van der Waals surface area (Å²) in [7, 11) is 0. The highest BCUT2D eigenvalue weighted by molar-refractivity contribution is 5.64. The molecule has 0 aliphatic heterocycles. The number of aryl methyl sites for hydroxylation is 1. The van der Waals surface area contributed by atoms with Gasteiger partial charge in [-0.3, -0.25) is 0 Å². The van der Waals surface area contributed by atoms with Crippen molar-refractivity contribution in [1.82, 2.24) is 5.32 Å². The smallest absolute Gasteiger partial charge is 0.134 e. The molecule has 0 fully saturated rings. The fourth-order valence-corrected chi connectivity index (χ4v) is 3.39. The van der Waals surface area contributed by atoms with Crippen molar-refractivity contribution in [3.63, 3.8) is 0 Å². The van der Waals surface area contributed by atoms with Gasteiger partial charge in [-0.05, 0) is 61.9 Å². The monoisotopic (exact) mass is 283 g/mol. The van der Waals surface area contributed by atoms with Gasteiger partial charge in [0, 0.05) is 5.56 Å². The number of benzene rings is 1. The molecule has 2 nitrogen and oxygen atoms in total. The SMILES string of the molecule is CCNC(CC)c1ccc(-c2cccc3c2CCCC3)o1. The van der Waals surface area contributed by atoms with Crippen molar-refractivity contribution in [3.8, 4) is 11.3 Å². The summed E-state index contributed by atoms with van der Waals surface area (Å²) in [4.78, 5) is 0. The van der Waals surface area contributed by atoms with Crippen LogP contribution in [0, 0.1) is 0 Å². The Balaban J connectivity index is 1.93. The summed E-state index contributed by atoms with van der Waals surface area (Å²) < 4.78 is 6.18. The summed E-state index contributed by atoms with van der Waals surface area (Å²) in [5, 5.41) is 3.48. The van der Waals surface area contributed by atoms with Crippen LogP contribution in [-0.4, -0.2) is 6.54 Å². The zero-order chi connectivity index (χ0) is 14.7. The Labute approximate surface area is 127 Å². The van der Waals surface area contributed by atoms with Crippen molar-refractivity contribution >= 4 is 0 Å². The third-order valence-electron chi connectivity index (χ3n) is 4.49. The van der Waals surface area contributed by atoms with Crippen LogP contribution in [0.15, 0.2) is 34.7 Å². The number of fused-ring (bicyclic) bond motifs is 1. The summed E-state index contributed by atoms with van der Waals surface area (Å²) in [5.74, 6) is 2.09. The minimum atomic E-state index is 0.322. The van der Waals surface area contributed by atoms with Gasteiger partial charge in [-0.2, -0.15) is 0 Å². The molecule has 112 valence electrons. The molecule has 0 amide bonds. The highest BCUT2D eigenvalue weighted by Crippen LogP contribution is 2.33. The van der Waals surface area contributed by atoms with Gasteiger partial charge in [-0.1, -0.05) is 32.0 Å². The standard InChI is InChI=1S/C19H25NO/c1-3-17(20-4-2)19-13-12-18(21-19)16-11-7-9-14-8-5-6-10-15(14)16/h7,9,11-13,17,20H,3-6,8,10H2,1-2H3. The average Bonchev–Trinajstić information content (AvgIpc) is 3.01. The first-order valence-electron chi connectivity index (χ1n) is 8.27. The molecular formula is C19H25NO. The molecule has 2 heteroatoms. The minimum absolute atomic E-state index is 0.322. The number of rotatable bonds is 5. The van der Waals surface area contributed by atoms with E-state index in [1.54, 1.807) is 0 Å². The topological polar surface area (TPSA) is 25.2 Å². The van der Waals surface area contributed by atoms with Crippen molar-refractivity contribution in [3.05, 3.63) is 47.2 Å². The lowest BCUT2D eigenvalue weighted by atomic mass is 9.87. The van der Waals surface area contributed by atoms with Crippen LogP contribution in [0.5, 0.6) is 0 Å². The van der Waals surface area contributed by atoms with Gasteiger partial charge >= 0.3 is 0 Å². The molecule has 21 heavy (non-hydrogen) atoms. The van der Waals surface area contributed by atoms with E-state index in [0.29, 0.717) is 6.04 Å². The van der Waals surface area contributed by atoms with Crippen LogP contribution in [0.2, 0.25) is 0 Å². The fraction of sp³-hybridized carbons (Fsp3) is 0.474. The maximum absolute atomic E-state index is 6.18. The van der Waals surface area contributed by atoms with Crippen LogP contribution in [0.1, 0.15) is 56.0 Å². The molecule has 1 aliphatic rings. The average molecular weight is 283 g/mol. The van der Waals surface area contributed by atoms with Crippen molar-refractivity contribution < 1.29 is 4.42 Å². The van der Waals surface area contributed by atoms with E-state index in [0.717, 1.165) is 24.5 Å². The maximum atomic E-state index is 6.18. The first-order valence-corrected chi connectivity index (χ1v) is 8.27. The minimum Gasteiger partial charge on any atom is -0.459 e. The van der Waals surface area contributed by atoms with E-state index < -0.39 is 0 Å². The zero-order valence-corrected chi connectivity index (χ0v) is 13.1. The van der Waals surface area contributed by atoms with E-state index in [9.17, 15) is 0 Å². The molecule has 1 N–H and O–H groups in total. The fourth-order valence-electron chi connectivity index (χ4n) is 3.39. The van der Waals surface area contributed by atoms with Gasteiger partial charge in [-0.15, -0.1) is 0 Å². The normalized spacial score (nSPS) is 15.7. The summed E-state index contributed by atoms with van der Waals surface area (Å²) in [6.45, 7) is 5.30. The van der Waals surface area contributed by atoms with Crippen LogP contribution >= 0.6 is 0 Å². The predicted octanol–water partition coefficient (Wildman–Crippen LogP) is 4.89. The number of hydrogen-bond acceptors (Lipinski definition) is 2. The molecule has 2 aromatic rings. The summed E-state index contributed by atoms with van der Waals surface area (Å²) >= 11 is 0. The van der Waals surface area contributed by atoms with E-state index >= 15 is 0 Å². The Morgan fingerprint density at radius 1 is 1.10 bits per heavy atom. The van der Waals surface area contributed by atoms with Gasteiger partial charge in [0.1, 0.15) is 11.5 Å². The van der Waals surface area contributed by atoms with Crippen LogP contribution in [0.3, 0.4) is 0 Å². The number of furan rings is 1. The number of hydrogen-bond donors (Lipinski definition) is 1. The van der Waals surface area contributed by atoms with Crippen LogP contribution < -0.4 is 5.32 Å². The lowest BCUT2D eigenvalue weighted by Gasteiger charge is -2.18. The Hall–Kier alpha value is -1.54. The molecule has 1 unspecified atom stereocenters. The Morgan fingerprint density at radius 2 is 1.95 bits per heavy atom. The number of nitrogens with one attached hydrogen (secondary N) is 1. The van der Waals surface area contributed by atoms with Crippen LogP contribution in [-0.2, 0) is 12.8 Å². The molecule has 1 aromatic carbocycles. The molecule has 1 atom stereocenters. The van der Waals surface area contributed by atoms with Crippen molar-refractivity contribution in [1.29, 1.82) is 0 Å². The second-order valence-corrected chi connectivity index (χ2v) is 5.87. The summed E-state index contributed by atoms with van der Waals surface area (Å²) in [6, 6.07) is 11.2. The highest BCUT2D eigenvalue weighted by atomic mass is 16.3. The van der Waals surface area contributed by atoms with Gasteiger partial charge in [0.05, 0.1) is 6.04 Å². The van der Waals surface area contributed by atoms with Gasteiger partial charge in [0.25, 0.3) is 0 Å². The molecular weight excluding hydrogens is 258 g/mol. The molecule has 1 aliphatic carbocycles. The highest BCUT2D eigenvalue weighted by Gasteiger charge is 2.18. The summed E-state index contributed by atoms with van der Waals surface area (Å²) in [5.41, 5.74) is 4.31. The van der Waals surface area contributed by atoms with Crippen molar-refractivity contribution in [2.45, 2.75) is 52.0 Å². The Bertz CT molecular complexity index is 599. The van der Waals surface area contributed by atoms with E-state index in [1.165, 1.54) is 42.4 Å². The second kappa shape index (κ2) is 6.48. The molecule has 0 spiro atoms. The maximum Gasteiger partial charge on any atom is 0.134 e. The first kappa shape index (κ1) is 14.4.